The molecule has 1 saturated carbocycles. The minimum absolute atomic E-state index is 0.443. The Morgan fingerprint density at radius 2 is 2.10 bits per heavy atom. The van der Waals surface area contributed by atoms with Crippen LogP contribution in [-0.2, 0) is 6.42 Å². The molecular formula is C17H30N2O. The third kappa shape index (κ3) is 3.85. The second-order valence-corrected chi connectivity index (χ2v) is 6.68. The normalized spacial score (nSPS) is 28.5. The molecular weight excluding hydrogens is 248 g/mol. The quantitative estimate of drug-likeness (QED) is 0.850. The van der Waals surface area contributed by atoms with Crippen molar-refractivity contribution in [2.45, 2.75) is 83.8 Å². The Morgan fingerprint density at radius 3 is 2.70 bits per heavy atom. The molecule has 1 fully saturated rings. The highest BCUT2D eigenvalue weighted by Gasteiger charge is 2.33. The van der Waals surface area contributed by atoms with Crippen molar-refractivity contribution in [3.63, 3.8) is 0 Å². The highest BCUT2D eigenvalue weighted by molar-refractivity contribution is 5.05. The topological polar surface area (TPSA) is 38.0 Å². The number of aromatic nitrogens is 2. The van der Waals surface area contributed by atoms with Gasteiger partial charge in [-0.1, -0.05) is 26.7 Å². The average Bonchev–Trinajstić information content (AvgIpc) is 2.89. The maximum Gasteiger partial charge on any atom is 0.0703 e. The van der Waals surface area contributed by atoms with E-state index in [0.29, 0.717) is 6.04 Å². The summed E-state index contributed by atoms with van der Waals surface area (Å²) >= 11 is 0. The predicted molar refractivity (Wildman–Crippen MR) is 82.7 cm³/mol. The molecule has 0 amide bonds. The molecule has 3 nitrogen and oxygen atoms in total. The van der Waals surface area contributed by atoms with Gasteiger partial charge < -0.3 is 5.11 Å². The van der Waals surface area contributed by atoms with Crippen LogP contribution in [0, 0.1) is 5.92 Å². The van der Waals surface area contributed by atoms with Gasteiger partial charge in [-0.25, -0.2) is 0 Å². The Bertz CT molecular complexity index is 405. The molecule has 1 atom stereocenters. The van der Waals surface area contributed by atoms with E-state index in [1.54, 1.807) is 0 Å². The number of aliphatic hydroxyl groups is 1. The zero-order valence-corrected chi connectivity index (χ0v) is 13.3. The molecule has 1 aromatic rings. The summed E-state index contributed by atoms with van der Waals surface area (Å²) in [6.45, 7) is 6.61. The van der Waals surface area contributed by atoms with Crippen LogP contribution in [0.25, 0.3) is 0 Å². The first-order valence-electron chi connectivity index (χ1n) is 8.32. The van der Waals surface area contributed by atoms with Gasteiger partial charge in [0.1, 0.15) is 0 Å². The van der Waals surface area contributed by atoms with Crippen molar-refractivity contribution >= 4 is 0 Å². The maximum absolute atomic E-state index is 10.8. The van der Waals surface area contributed by atoms with Crippen LogP contribution in [0.4, 0.5) is 0 Å². The van der Waals surface area contributed by atoms with Crippen LogP contribution in [0.15, 0.2) is 12.3 Å². The van der Waals surface area contributed by atoms with E-state index in [4.69, 9.17) is 0 Å². The fourth-order valence-corrected chi connectivity index (χ4v) is 3.33. The maximum atomic E-state index is 10.8. The molecule has 1 unspecified atom stereocenters. The van der Waals surface area contributed by atoms with Gasteiger partial charge >= 0.3 is 0 Å². The third-order valence-corrected chi connectivity index (χ3v) is 4.95. The summed E-state index contributed by atoms with van der Waals surface area (Å²) in [4.78, 5) is 0. The standard InChI is InChI=1S/C17H30N2O/c1-4-6-15-7-10-17(20,11-8-15)13-16-9-12-19(18-16)14(3)5-2/h9,12,14-15,20H,4-8,10-11,13H2,1-3H3. The molecule has 0 aromatic carbocycles. The van der Waals surface area contributed by atoms with Crippen LogP contribution in [0.2, 0.25) is 0 Å². The van der Waals surface area contributed by atoms with Gasteiger partial charge in [0, 0.05) is 18.7 Å². The van der Waals surface area contributed by atoms with E-state index in [0.717, 1.165) is 37.3 Å². The van der Waals surface area contributed by atoms with Crippen LogP contribution in [0.5, 0.6) is 0 Å². The first-order chi connectivity index (χ1) is 9.56. The van der Waals surface area contributed by atoms with Gasteiger partial charge in [-0.15, -0.1) is 0 Å². The second-order valence-electron chi connectivity index (χ2n) is 6.68. The number of hydrogen-bond acceptors (Lipinski definition) is 2. The van der Waals surface area contributed by atoms with Crippen molar-refractivity contribution < 1.29 is 5.11 Å². The van der Waals surface area contributed by atoms with E-state index < -0.39 is 5.60 Å². The molecule has 1 aliphatic rings. The first kappa shape index (κ1) is 15.6. The summed E-state index contributed by atoms with van der Waals surface area (Å²) < 4.78 is 2.03. The Morgan fingerprint density at radius 1 is 1.40 bits per heavy atom. The van der Waals surface area contributed by atoms with E-state index in [9.17, 15) is 5.11 Å². The minimum Gasteiger partial charge on any atom is -0.389 e. The first-order valence-corrected chi connectivity index (χ1v) is 8.32. The molecule has 1 heterocycles. The van der Waals surface area contributed by atoms with Gasteiger partial charge in [0.05, 0.1) is 11.3 Å². The SMILES string of the molecule is CCCC1CCC(O)(Cc2ccn(C(C)CC)n2)CC1. The third-order valence-electron chi connectivity index (χ3n) is 4.95. The van der Waals surface area contributed by atoms with E-state index in [1.165, 1.54) is 25.7 Å². The molecule has 0 bridgehead atoms. The summed E-state index contributed by atoms with van der Waals surface area (Å²) in [5.41, 5.74) is 0.528. The second kappa shape index (κ2) is 6.75. The van der Waals surface area contributed by atoms with Gasteiger partial charge in [-0.3, -0.25) is 4.68 Å². The van der Waals surface area contributed by atoms with Gasteiger partial charge in [0.15, 0.2) is 0 Å². The van der Waals surface area contributed by atoms with Gasteiger partial charge in [0.2, 0.25) is 0 Å². The number of hydrogen-bond donors (Lipinski definition) is 1. The molecule has 0 spiro atoms. The lowest BCUT2D eigenvalue weighted by atomic mass is 9.75. The van der Waals surface area contributed by atoms with Crippen molar-refractivity contribution in [1.82, 2.24) is 9.78 Å². The zero-order chi connectivity index (χ0) is 14.6. The van der Waals surface area contributed by atoms with E-state index in [-0.39, 0.29) is 0 Å². The molecule has 1 aromatic heterocycles. The predicted octanol–water partition coefficient (Wildman–Crippen LogP) is 4.12. The lowest BCUT2D eigenvalue weighted by Gasteiger charge is -2.35. The molecule has 1 N–H and O–H groups in total. The Labute approximate surface area is 123 Å². The zero-order valence-electron chi connectivity index (χ0n) is 13.3. The van der Waals surface area contributed by atoms with E-state index in [1.807, 2.05) is 4.68 Å². The van der Waals surface area contributed by atoms with Crippen molar-refractivity contribution in [2.75, 3.05) is 0 Å². The van der Waals surface area contributed by atoms with Crippen LogP contribution < -0.4 is 0 Å². The van der Waals surface area contributed by atoms with Crippen molar-refractivity contribution in [3.8, 4) is 0 Å². The fraction of sp³-hybridized carbons (Fsp3) is 0.824. The number of rotatable bonds is 6. The van der Waals surface area contributed by atoms with Crippen LogP contribution in [0.3, 0.4) is 0 Å². The number of nitrogens with zero attached hydrogens (tertiary/aromatic N) is 2. The van der Waals surface area contributed by atoms with Crippen molar-refractivity contribution in [2.24, 2.45) is 5.92 Å². The molecule has 20 heavy (non-hydrogen) atoms. The summed E-state index contributed by atoms with van der Waals surface area (Å²) in [5.74, 6) is 0.831. The van der Waals surface area contributed by atoms with Crippen molar-refractivity contribution in [1.29, 1.82) is 0 Å². The Kier molecular flexibility index (Phi) is 5.25. The van der Waals surface area contributed by atoms with E-state index >= 15 is 0 Å². The summed E-state index contributed by atoms with van der Waals surface area (Å²) in [7, 11) is 0. The Hall–Kier alpha value is -0.830. The molecule has 2 rings (SSSR count). The largest absolute Gasteiger partial charge is 0.389 e. The fourth-order valence-electron chi connectivity index (χ4n) is 3.33. The lowest BCUT2D eigenvalue weighted by Crippen LogP contribution is -2.36. The monoisotopic (exact) mass is 278 g/mol. The van der Waals surface area contributed by atoms with Crippen LogP contribution >= 0.6 is 0 Å². The molecule has 0 aliphatic heterocycles. The highest BCUT2D eigenvalue weighted by Crippen LogP contribution is 2.36. The van der Waals surface area contributed by atoms with Crippen LogP contribution in [0.1, 0.15) is 77.5 Å². The lowest BCUT2D eigenvalue weighted by molar-refractivity contribution is -0.0107. The summed E-state index contributed by atoms with van der Waals surface area (Å²) in [6, 6.07) is 2.51. The van der Waals surface area contributed by atoms with Gasteiger partial charge in [-0.2, -0.15) is 5.10 Å². The minimum atomic E-state index is -0.515. The van der Waals surface area contributed by atoms with E-state index in [2.05, 4.69) is 38.1 Å². The van der Waals surface area contributed by atoms with Crippen molar-refractivity contribution in [3.05, 3.63) is 18.0 Å². The molecule has 0 saturated heterocycles. The average molecular weight is 278 g/mol. The molecule has 3 heteroatoms. The molecule has 0 radical (unpaired) electrons. The summed E-state index contributed by atoms with van der Waals surface area (Å²) in [6.07, 6.45) is 10.7. The smallest absolute Gasteiger partial charge is 0.0703 e. The van der Waals surface area contributed by atoms with Crippen LogP contribution in [-0.4, -0.2) is 20.5 Å². The summed E-state index contributed by atoms with van der Waals surface area (Å²) in [5, 5.41) is 15.4. The Balaban J connectivity index is 1.91. The van der Waals surface area contributed by atoms with Gasteiger partial charge in [0.25, 0.3) is 0 Å². The van der Waals surface area contributed by atoms with Gasteiger partial charge in [-0.05, 0) is 51.0 Å². The highest BCUT2D eigenvalue weighted by atomic mass is 16.3. The molecule has 1 aliphatic carbocycles. The molecule has 114 valence electrons.